The summed E-state index contributed by atoms with van der Waals surface area (Å²) in [6.45, 7) is 0. The fourth-order valence-electron chi connectivity index (χ4n) is 15.8. The van der Waals surface area contributed by atoms with Gasteiger partial charge in [0, 0.05) is 101 Å². The normalized spacial score (nSPS) is 12.3. The molecule has 0 aliphatic carbocycles. The van der Waals surface area contributed by atoms with Crippen LogP contribution < -0.4 is 0 Å². The quantitative estimate of drug-likeness (QED) is 0.157. The molecule has 7 heteroatoms. The van der Waals surface area contributed by atoms with E-state index in [0.717, 1.165) is 72.3 Å². The number of fused-ring (bicyclic) bond motifs is 19. The van der Waals surface area contributed by atoms with Crippen LogP contribution in [0.5, 0.6) is 0 Å². The maximum absolute atomic E-state index is 5.58. The van der Waals surface area contributed by atoms with Gasteiger partial charge in [0.25, 0.3) is 0 Å². The van der Waals surface area contributed by atoms with Crippen molar-refractivity contribution in [2.24, 2.45) is 0 Å². The van der Waals surface area contributed by atoms with Gasteiger partial charge in [-0.05, 0) is 178 Å². The molecule has 0 N–H and O–H groups in total. The molecule has 0 bridgehead atoms. The van der Waals surface area contributed by atoms with Crippen molar-refractivity contribution in [3.05, 3.63) is 310 Å². The van der Waals surface area contributed by atoms with Gasteiger partial charge < -0.3 is 18.3 Å². The summed E-state index contributed by atoms with van der Waals surface area (Å²) in [6, 6.07) is 113. The van der Waals surface area contributed by atoms with Gasteiger partial charge >= 0.3 is 0 Å². The van der Waals surface area contributed by atoms with Crippen LogP contribution in [-0.4, -0.2) is 23.3 Å². The molecule has 7 aromatic heterocycles. The first-order chi connectivity index (χ1) is 46.6. The molecule has 0 spiro atoms. The van der Waals surface area contributed by atoms with Crippen LogP contribution in [0.15, 0.2) is 310 Å². The Labute approximate surface area is 546 Å². The van der Waals surface area contributed by atoms with Gasteiger partial charge in [0.1, 0.15) is 0 Å². The Morgan fingerprint density at radius 3 is 1.20 bits per heavy atom. The van der Waals surface area contributed by atoms with Gasteiger partial charge in [-0.25, -0.2) is 0 Å². The molecule has 0 saturated heterocycles. The maximum Gasteiger partial charge on any atom is 0.0964 e. The molecular formula is C87H51N5S2. The summed E-state index contributed by atoms with van der Waals surface area (Å²) >= 11 is 3.72. The number of aromatic nitrogens is 5. The summed E-state index contributed by atoms with van der Waals surface area (Å²) in [5.41, 5.74) is 21.7. The highest BCUT2D eigenvalue weighted by atomic mass is 32.1. The molecule has 0 radical (unpaired) electrons. The minimum atomic E-state index is 0.966. The fourth-order valence-corrected chi connectivity index (χ4v) is 18.0. The van der Waals surface area contributed by atoms with Crippen LogP contribution >= 0.6 is 22.7 Å². The van der Waals surface area contributed by atoms with E-state index in [0.29, 0.717) is 0 Å². The second kappa shape index (κ2) is 19.8. The first-order valence-corrected chi connectivity index (χ1v) is 33.7. The first-order valence-electron chi connectivity index (χ1n) is 32.1. The van der Waals surface area contributed by atoms with Crippen LogP contribution in [0.25, 0.3) is 195 Å². The highest BCUT2D eigenvalue weighted by Gasteiger charge is 2.24. The standard InChI is InChI=1S/C87H51N5S2/c1-2-18-60(19-3-1)89-71-24-10-6-20-62(71)66-45-54(33-39-73(66)89)56-34-40-74-68(47-56)69-48-58(37-41-75(69)90(74)61-38-32-52-16-4-5-17-53(52)44-61)59-50-80-87(88-51-59)70-49-57(36-43-77(70)92(80)79-27-15-31-84-86(79)65-23-9-13-29-82(65)94-84)55-35-42-76-67(46-55)63-21-7-11-25-72(63)91(76)78-26-14-30-83-85(78)64-22-8-12-28-81(64)93-83/h1-51H. The van der Waals surface area contributed by atoms with Crippen molar-refractivity contribution in [2.75, 3.05) is 0 Å². The minimum absolute atomic E-state index is 0.966. The predicted octanol–water partition coefficient (Wildman–Crippen LogP) is 24.4. The number of para-hydroxylation sites is 3. The SMILES string of the molecule is c1ccc(-n2c3ccccc3c3cc(-c4ccc5c(c4)c4cc(-c6cnc7c8cc(-c9ccc%10c(c9)c9ccccc9n%10-c9cccc%10sc%11ccccc%11c9%10)ccc8n(-c8cccc9sc%10ccccc%10c89)c7c6)ccc4n5-c4ccc5ccccc5c4)ccc32)cc1. The second-order valence-electron chi connectivity index (χ2n) is 25.0. The smallest absolute Gasteiger partial charge is 0.0964 e. The summed E-state index contributed by atoms with van der Waals surface area (Å²) < 4.78 is 14.9. The topological polar surface area (TPSA) is 32.6 Å². The van der Waals surface area contributed by atoms with E-state index < -0.39 is 0 Å². The van der Waals surface area contributed by atoms with E-state index in [-0.39, 0.29) is 0 Å². The molecule has 0 aliphatic heterocycles. The van der Waals surface area contributed by atoms with Gasteiger partial charge in [-0.15, -0.1) is 22.7 Å². The van der Waals surface area contributed by atoms with Gasteiger partial charge in [0.2, 0.25) is 0 Å². The van der Waals surface area contributed by atoms with Crippen LogP contribution in [0, 0.1) is 0 Å². The Bertz CT molecular complexity index is 6810. The number of benzene rings is 14. The molecule has 5 nitrogen and oxygen atoms in total. The lowest BCUT2D eigenvalue weighted by atomic mass is 9.99. The monoisotopic (exact) mass is 1230 g/mol. The Morgan fingerprint density at radius 1 is 0.223 bits per heavy atom. The first kappa shape index (κ1) is 51.8. The zero-order valence-electron chi connectivity index (χ0n) is 50.5. The van der Waals surface area contributed by atoms with Crippen molar-refractivity contribution in [1.29, 1.82) is 0 Å². The third-order valence-electron chi connectivity index (χ3n) is 20.0. The summed E-state index contributed by atoms with van der Waals surface area (Å²) in [7, 11) is 0. The predicted molar refractivity (Wildman–Crippen MR) is 401 cm³/mol. The van der Waals surface area contributed by atoms with E-state index in [4.69, 9.17) is 4.98 Å². The molecule has 436 valence electrons. The van der Waals surface area contributed by atoms with E-state index in [1.807, 2.05) is 22.7 Å². The molecule has 0 fully saturated rings. The van der Waals surface area contributed by atoms with E-state index in [9.17, 15) is 0 Å². The van der Waals surface area contributed by atoms with Crippen molar-refractivity contribution in [3.63, 3.8) is 0 Å². The van der Waals surface area contributed by atoms with Gasteiger partial charge in [0.05, 0.1) is 61.0 Å². The van der Waals surface area contributed by atoms with Crippen LogP contribution in [0.3, 0.4) is 0 Å². The second-order valence-corrected chi connectivity index (χ2v) is 27.2. The minimum Gasteiger partial charge on any atom is -0.309 e. The van der Waals surface area contributed by atoms with Crippen LogP contribution in [0.2, 0.25) is 0 Å². The van der Waals surface area contributed by atoms with Gasteiger partial charge in [0.15, 0.2) is 0 Å². The lowest BCUT2D eigenvalue weighted by Crippen LogP contribution is -1.95. The number of rotatable bonds is 7. The molecule has 0 amide bonds. The number of pyridine rings is 1. The molecule has 21 rings (SSSR count). The van der Waals surface area contributed by atoms with E-state index in [2.05, 4.69) is 328 Å². The molecule has 0 saturated carbocycles. The molecule has 7 heterocycles. The molecule has 94 heavy (non-hydrogen) atoms. The molecule has 14 aromatic carbocycles. The zero-order valence-corrected chi connectivity index (χ0v) is 52.1. The largest absolute Gasteiger partial charge is 0.309 e. The summed E-state index contributed by atoms with van der Waals surface area (Å²) in [5.74, 6) is 0. The van der Waals surface area contributed by atoms with E-state index in [1.54, 1.807) is 0 Å². The Kier molecular flexibility index (Phi) is 10.9. The van der Waals surface area contributed by atoms with Gasteiger partial charge in [-0.1, -0.05) is 164 Å². The number of hydrogen-bond acceptors (Lipinski definition) is 3. The van der Waals surface area contributed by atoms with Crippen LogP contribution in [-0.2, 0) is 0 Å². The van der Waals surface area contributed by atoms with E-state index in [1.165, 1.54) is 122 Å². The van der Waals surface area contributed by atoms with E-state index >= 15 is 0 Å². The summed E-state index contributed by atoms with van der Waals surface area (Å²) in [4.78, 5) is 5.58. The Balaban J connectivity index is 0.754. The van der Waals surface area contributed by atoms with Gasteiger partial charge in [-0.3, -0.25) is 4.98 Å². The highest BCUT2D eigenvalue weighted by molar-refractivity contribution is 7.26. The average molecular weight is 1230 g/mol. The van der Waals surface area contributed by atoms with Crippen molar-refractivity contribution in [2.45, 2.75) is 0 Å². The summed E-state index contributed by atoms with van der Waals surface area (Å²) in [5, 5.41) is 16.0. The molecular weight excluding hydrogens is 1180 g/mol. The lowest BCUT2D eigenvalue weighted by molar-refractivity contribution is 1.18. The number of nitrogens with zero attached hydrogens (tertiary/aromatic N) is 5. The Hall–Kier alpha value is -11.9. The van der Waals surface area contributed by atoms with Crippen molar-refractivity contribution < 1.29 is 0 Å². The number of hydrogen-bond donors (Lipinski definition) is 0. The summed E-state index contributed by atoms with van der Waals surface area (Å²) in [6.07, 6.45) is 2.10. The molecule has 0 aliphatic rings. The molecule has 21 aromatic rings. The highest BCUT2D eigenvalue weighted by Crippen LogP contribution is 2.47. The van der Waals surface area contributed by atoms with Crippen LogP contribution in [0.1, 0.15) is 0 Å². The lowest BCUT2D eigenvalue weighted by Gasteiger charge is -2.12. The third-order valence-corrected chi connectivity index (χ3v) is 22.2. The fraction of sp³-hybridized carbons (Fsp3) is 0. The van der Waals surface area contributed by atoms with Crippen LogP contribution in [0.4, 0.5) is 0 Å². The average Bonchev–Trinajstić information content (AvgIpc) is 1.58. The Morgan fingerprint density at radius 2 is 0.628 bits per heavy atom. The molecule has 0 atom stereocenters. The van der Waals surface area contributed by atoms with Crippen molar-refractivity contribution in [3.8, 4) is 56.1 Å². The maximum atomic E-state index is 5.58. The zero-order chi connectivity index (χ0) is 61.3. The third kappa shape index (κ3) is 7.53. The molecule has 0 unspecified atom stereocenters. The number of thiophene rings is 2. The van der Waals surface area contributed by atoms with Crippen molar-refractivity contribution >= 4 is 161 Å². The van der Waals surface area contributed by atoms with Crippen molar-refractivity contribution in [1.82, 2.24) is 23.3 Å². The van der Waals surface area contributed by atoms with Gasteiger partial charge in [-0.2, -0.15) is 0 Å².